The van der Waals surface area contributed by atoms with Crippen LogP contribution in [0, 0.1) is 0 Å². The van der Waals surface area contributed by atoms with E-state index in [-0.39, 0.29) is 31.6 Å². The minimum atomic E-state index is -0.838. The van der Waals surface area contributed by atoms with Gasteiger partial charge in [-0.1, -0.05) is 274 Å². The summed E-state index contributed by atoms with van der Waals surface area (Å²) in [4.78, 5) is 38.4. The summed E-state index contributed by atoms with van der Waals surface area (Å²) < 4.78 is 16.9. The van der Waals surface area contributed by atoms with Crippen molar-refractivity contribution in [3.8, 4) is 0 Å². The fourth-order valence-electron chi connectivity index (χ4n) is 8.38. The van der Waals surface area contributed by atoms with E-state index in [0.717, 1.165) is 135 Å². The Hall–Kier alpha value is -5.23. The van der Waals surface area contributed by atoms with E-state index in [9.17, 15) is 14.4 Å². The zero-order valence-corrected chi connectivity index (χ0v) is 52.0. The molecule has 1 atom stereocenters. The highest BCUT2D eigenvalue weighted by Gasteiger charge is 2.19. The molecule has 1 unspecified atom stereocenters. The van der Waals surface area contributed by atoms with Crippen LogP contribution in [-0.2, 0) is 28.6 Å². The van der Waals surface area contributed by atoms with Crippen LogP contribution in [0.2, 0.25) is 0 Å². The average molecular weight is 1120 g/mol. The summed E-state index contributed by atoms with van der Waals surface area (Å²) in [5.41, 5.74) is 0. The van der Waals surface area contributed by atoms with Gasteiger partial charge in [-0.15, -0.1) is 0 Å². The molecule has 0 rings (SSSR count). The summed E-state index contributed by atoms with van der Waals surface area (Å²) in [6.07, 6.45) is 99.3. The van der Waals surface area contributed by atoms with Gasteiger partial charge in [-0.25, -0.2) is 0 Å². The van der Waals surface area contributed by atoms with E-state index in [1.54, 1.807) is 0 Å². The van der Waals surface area contributed by atoms with Crippen molar-refractivity contribution in [2.24, 2.45) is 0 Å². The monoisotopic (exact) mass is 1110 g/mol. The molecule has 454 valence electrons. The van der Waals surface area contributed by atoms with Crippen LogP contribution in [0.25, 0.3) is 0 Å². The maximum atomic E-state index is 12.9. The van der Waals surface area contributed by atoms with Gasteiger partial charge in [0, 0.05) is 19.3 Å². The lowest BCUT2D eigenvalue weighted by Gasteiger charge is -2.18. The maximum Gasteiger partial charge on any atom is 0.306 e. The number of hydrogen-bond acceptors (Lipinski definition) is 6. The minimum absolute atomic E-state index is 0.123. The highest BCUT2D eigenvalue weighted by molar-refractivity contribution is 5.71. The summed E-state index contributed by atoms with van der Waals surface area (Å²) >= 11 is 0. The lowest BCUT2D eigenvalue weighted by atomic mass is 10.1. The Kier molecular flexibility index (Phi) is 62.9. The molecule has 0 aliphatic rings. The van der Waals surface area contributed by atoms with Crippen LogP contribution in [0.3, 0.4) is 0 Å². The number of ether oxygens (including phenoxy) is 3. The van der Waals surface area contributed by atoms with E-state index >= 15 is 0 Å². The zero-order valence-electron chi connectivity index (χ0n) is 52.0. The molecular weight excluding hydrogens is 997 g/mol. The Morgan fingerprint density at radius 1 is 0.259 bits per heavy atom. The standard InChI is InChI=1S/C75H118O6/c1-4-7-10-13-16-19-22-25-28-31-34-35-36-37-38-39-42-44-47-50-53-56-59-62-65-68-74(77)80-71-72(81-75(78)69-66-63-60-57-54-51-48-45-41-33-30-27-24-21-18-15-12-9-6-3)70-79-73(76)67-64-61-58-55-52-49-46-43-40-32-29-26-23-20-17-14-11-8-5-2/h7,9-10,12,16-21,25-30,34-35,37-38,41-42,44-45,51,54,60,63,72H,4-6,8,11,13-15,22-24,31-33,36,39-40,43,46-50,52-53,55-59,61-62,64-71H2,1-3H3/b10-7-,12-9-,19-16-,20-17-,21-18-,28-25-,29-26-,30-27-,35-34-,38-37-,44-42-,45-41-,54-51-,63-60-. The van der Waals surface area contributed by atoms with Crippen molar-refractivity contribution in [1.29, 1.82) is 0 Å². The first-order chi connectivity index (χ1) is 40.0. The molecule has 0 radical (unpaired) electrons. The molecule has 0 aromatic rings. The van der Waals surface area contributed by atoms with Gasteiger partial charge < -0.3 is 14.2 Å². The summed E-state index contributed by atoms with van der Waals surface area (Å²) in [6, 6.07) is 0. The Morgan fingerprint density at radius 2 is 0.506 bits per heavy atom. The molecule has 6 heteroatoms. The first-order valence-corrected chi connectivity index (χ1v) is 32.6. The Labute approximate surface area is 498 Å². The molecule has 0 saturated carbocycles. The van der Waals surface area contributed by atoms with Gasteiger partial charge in [-0.05, 0) is 141 Å². The normalized spacial score (nSPS) is 13.3. The molecule has 0 N–H and O–H groups in total. The van der Waals surface area contributed by atoms with E-state index in [2.05, 4.69) is 179 Å². The SMILES string of the molecule is CC/C=C\C/C=C\C/C=C\C/C=C\C/C=C\C/C=C\CCCCCCCCC(=O)OCC(COC(=O)CCCCCCCCCCC/C=C\C/C=C\CCCCC)OC(=O)CC/C=C\C/C=C\C/C=C\C/C=C\C/C=C\C/C=C\CC. The van der Waals surface area contributed by atoms with Crippen molar-refractivity contribution in [2.75, 3.05) is 13.2 Å². The molecule has 0 bridgehead atoms. The second-order valence-electron chi connectivity index (χ2n) is 20.9. The van der Waals surface area contributed by atoms with Crippen molar-refractivity contribution < 1.29 is 28.6 Å². The first kappa shape index (κ1) is 75.8. The van der Waals surface area contributed by atoms with Crippen LogP contribution < -0.4 is 0 Å². The summed E-state index contributed by atoms with van der Waals surface area (Å²) in [5, 5.41) is 0. The third-order valence-electron chi connectivity index (χ3n) is 13.2. The third kappa shape index (κ3) is 65.5. The lowest BCUT2D eigenvalue weighted by Crippen LogP contribution is -2.30. The Morgan fingerprint density at radius 3 is 0.802 bits per heavy atom. The summed E-state index contributed by atoms with van der Waals surface area (Å²) in [5.74, 6) is -1.03. The Balaban J connectivity index is 4.54. The summed E-state index contributed by atoms with van der Waals surface area (Å²) in [7, 11) is 0. The van der Waals surface area contributed by atoms with Crippen molar-refractivity contribution in [1.82, 2.24) is 0 Å². The van der Waals surface area contributed by atoms with Crippen molar-refractivity contribution in [3.63, 3.8) is 0 Å². The molecule has 0 amide bonds. The predicted molar refractivity (Wildman–Crippen MR) is 352 cm³/mol. The smallest absolute Gasteiger partial charge is 0.306 e. The number of rotatable bonds is 57. The van der Waals surface area contributed by atoms with Crippen LogP contribution in [0.4, 0.5) is 0 Å². The second-order valence-corrected chi connectivity index (χ2v) is 20.9. The van der Waals surface area contributed by atoms with Crippen molar-refractivity contribution in [3.05, 3.63) is 170 Å². The average Bonchev–Trinajstić information content (AvgIpc) is 3.47. The molecule has 0 aromatic heterocycles. The van der Waals surface area contributed by atoms with Gasteiger partial charge in [0.2, 0.25) is 0 Å². The van der Waals surface area contributed by atoms with Gasteiger partial charge in [-0.3, -0.25) is 14.4 Å². The molecule has 0 fully saturated rings. The highest BCUT2D eigenvalue weighted by atomic mass is 16.6. The van der Waals surface area contributed by atoms with Crippen molar-refractivity contribution >= 4 is 17.9 Å². The summed E-state index contributed by atoms with van der Waals surface area (Å²) in [6.45, 7) is 6.31. The van der Waals surface area contributed by atoms with E-state index in [1.807, 2.05) is 12.2 Å². The van der Waals surface area contributed by atoms with Crippen molar-refractivity contribution in [2.45, 2.75) is 271 Å². The van der Waals surface area contributed by atoms with Crippen LogP contribution >= 0.6 is 0 Å². The Bertz CT molecular complexity index is 1860. The fraction of sp³-hybridized carbons (Fsp3) is 0.587. The number of carbonyl (C=O) groups is 3. The van der Waals surface area contributed by atoms with E-state index in [1.165, 1.54) is 83.5 Å². The minimum Gasteiger partial charge on any atom is -0.462 e. The fourth-order valence-corrected chi connectivity index (χ4v) is 8.38. The number of esters is 3. The molecule has 6 nitrogen and oxygen atoms in total. The van der Waals surface area contributed by atoms with Crippen LogP contribution in [0.5, 0.6) is 0 Å². The van der Waals surface area contributed by atoms with Crippen LogP contribution in [-0.4, -0.2) is 37.2 Å². The zero-order chi connectivity index (χ0) is 58.5. The van der Waals surface area contributed by atoms with E-state index in [0.29, 0.717) is 19.3 Å². The van der Waals surface area contributed by atoms with Gasteiger partial charge in [0.25, 0.3) is 0 Å². The number of unbranched alkanes of at least 4 members (excludes halogenated alkanes) is 18. The van der Waals surface area contributed by atoms with Gasteiger partial charge >= 0.3 is 17.9 Å². The third-order valence-corrected chi connectivity index (χ3v) is 13.2. The topological polar surface area (TPSA) is 78.9 Å². The van der Waals surface area contributed by atoms with E-state index < -0.39 is 12.1 Å². The van der Waals surface area contributed by atoms with Crippen LogP contribution in [0.1, 0.15) is 265 Å². The number of hydrogen-bond donors (Lipinski definition) is 0. The molecule has 0 aromatic carbocycles. The van der Waals surface area contributed by atoms with Crippen LogP contribution in [0.15, 0.2) is 170 Å². The molecular formula is C75H118O6. The lowest BCUT2D eigenvalue weighted by molar-refractivity contribution is -0.166. The van der Waals surface area contributed by atoms with Gasteiger partial charge in [0.1, 0.15) is 13.2 Å². The van der Waals surface area contributed by atoms with Gasteiger partial charge in [0.15, 0.2) is 6.10 Å². The molecule has 0 aliphatic carbocycles. The highest BCUT2D eigenvalue weighted by Crippen LogP contribution is 2.14. The molecule has 0 spiro atoms. The first-order valence-electron chi connectivity index (χ1n) is 32.6. The molecule has 0 aliphatic heterocycles. The molecule has 0 saturated heterocycles. The van der Waals surface area contributed by atoms with Gasteiger partial charge in [-0.2, -0.15) is 0 Å². The number of carbonyl (C=O) groups excluding carboxylic acids is 3. The molecule has 0 heterocycles. The second kappa shape index (κ2) is 67.3. The maximum absolute atomic E-state index is 12.9. The quantitative estimate of drug-likeness (QED) is 0.0261. The molecule has 81 heavy (non-hydrogen) atoms. The predicted octanol–water partition coefficient (Wildman–Crippen LogP) is 22.7. The number of allylic oxidation sites excluding steroid dienone is 28. The van der Waals surface area contributed by atoms with Gasteiger partial charge in [0.05, 0.1) is 0 Å². The van der Waals surface area contributed by atoms with E-state index in [4.69, 9.17) is 14.2 Å². The largest absolute Gasteiger partial charge is 0.462 e.